The van der Waals surface area contributed by atoms with Gasteiger partial charge in [-0.1, -0.05) is 41.0 Å². The van der Waals surface area contributed by atoms with Crippen LogP contribution in [-0.4, -0.2) is 23.1 Å². The summed E-state index contributed by atoms with van der Waals surface area (Å²) in [5, 5.41) is 0. The number of esters is 1. The molecule has 0 unspecified atom stereocenters. The Morgan fingerprint density at radius 2 is 2.00 bits per heavy atom. The number of hydrogen-bond acceptors (Lipinski definition) is 4. The van der Waals surface area contributed by atoms with E-state index in [-0.39, 0.29) is 24.8 Å². The van der Waals surface area contributed by atoms with Crippen LogP contribution in [0.4, 0.5) is 0 Å². The summed E-state index contributed by atoms with van der Waals surface area (Å²) in [6, 6.07) is 11.3. The van der Waals surface area contributed by atoms with Crippen LogP contribution in [0.15, 0.2) is 41.4 Å². The summed E-state index contributed by atoms with van der Waals surface area (Å²) in [5.41, 5.74) is 4.43. The molecular formula is C23H22N2O3S. The SMILES string of the molecule is C#CCn1c(=NC(=O)Cc2cc(C)ccc2C)sc2cc(C(=O)OCC)ccc21. The smallest absolute Gasteiger partial charge is 0.338 e. The third-order valence-electron chi connectivity index (χ3n) is 4.51. The third kappa shape index (κ3) is 4.64. The molecule has 0 aliphatic rings. The average Bonchev–Trinajstić information content (AvgIpc) is 3.01. The Bertz CT molecular complexity index is 1200. The van der Waals surface area contributed by atoms with Crippen molar-refractivity contribution in [1.82, 2.24) is 4.57 Å². The molecule has 0 N–H and O–H groups in total. The second-order valence-corrected chi connectivity index (χ2v) is 7.70. The first-order chi connectivity index (χ1) is 13.9. The maximum Gasteiger partial charge on any atom is 0.338 e. The van der Waals surface area contributed by atoms with E-state index in [1.807, 2.05) is 42.7 Å². The van der Waals surface area contributed by atoms with Gasteiger partial charge in [0, 0.05) is 0 Å². The van der Waals surface area contributed by atoms with Crippen LogP contribution in [0.1, 0.15) is 34.0 Å². The van der Waals surface area contributed by atoms with Crippen molar-refractivity contribution >= 4 is 33.4 Å². The molecule has 0 fully saturated rings. The summed E-state index contributed by atoms with van der Waals surface area (Å²) in [6.07, 6.45) is 5.75. The maximum atomic E-state index is 12.6. The van der Waals surface area contributed by atoms with Gasteiger partial charge in [-0.25, -0.2) is 4.79 Å². The molecule has 1 aromatic heterocycles. The van der Waals surface area contributed by atoms with Crippen LogP contribution in [0.2, 0.25) is 0 Å². The van der Waals surface area contributed by atoms with Crippen molar-refractivity contribution in [2.75, 3.05) is 6.61 Å². The Labute approximate surface area is 173 Å². The molecule has 5 nitrogen and oxygen atoms in total. The number of fused-ring (bicyclic) bond motifs is 1. The molecule has 0 atom stereocenters. The number of amides is 1. The number of carbonyl (C=O) groups is 2. The molecule has 2 aromatic carbocycles. The highest BCUT2D eigenvalue weighted by molar-refractivity contribution is 7.16. The second-order valence-electron chi connectivity index (χ2n) is 6.69. The number of carbonyl (C=O) groups excluding carboxylic acids is 2. The first-order valence-corrected chi connectivity index (χ1v) is 10.1. The first-order valence-electron chi connectivity index (χ1n) is 9.30. The molecule has 0 saturated heterocycles. The molecule has 0 saturated carbocycles. The number of aromatic nitrogens is 1. The lowest BCUT2D eigenvalue weighted by atomic mass is 10.0. The molecule has 0 aliphatic heterocycles. The molecule has 1 heterocycles. The van der Waals surface area contributed by atoms with Crippen LogP contribution in [0.5, 0.6) is 0 Å². The zero-order valence-electron chi connectivity index (χ0n) is 16.7. The van der Waals surface area contributed by atoms with E-state index in [2.05, 4.69) is 10.9 Å². The minimum Gasteiger partial charge on any atom is -0.462 e. The van der Waals surface area contributed by atoms with E-state index in [1.54, 1.807) is 19.1 Å². The zero-order valence-corrected chi connectivity index (χ0v) is 17.5. The lowest BCUT2D eigenvalue weighted by molar-refractivity contribution is -0.117. The number of nitrogens with zero attached hydrogens (tertiary/aromatic N) is 2. The van der Waals surface area contributed by atoms with Crippen LogP contribution in [0.25, 0.3) is 10.2 Å². The number of terminal acetylenes is 1. The van der Waals surface area contributed by atoms with Crippen LogP contribution in [-0.2, 0) is 22.5 Å². The van der Waals surface area contributed by atoms with E-state index in [9.17, 15) is 9.59 Å². The van der Waals surface area contributed by atoms with Gasteiger partial charge < -0.3 is 9.30 Å². The maximum absolute atomic E-state index is 12.6. The van der Waals surface area contributed by atoms with Crippen molar-refractivity contribution in [2.45, 2.75) is 33.7 Å². The van der Waals surface area contributed by atoms with E-state index < -0.39 is 0 Å². The second kappa shape index (κ2) is 8.89. The van der Waals surface area contributed by atoms with Crippen molar-refractivity contribution < 1.29 is 14.3 Å². The van der Waals surface area contributed by atoms with Crippen LogP contribution in [0, 0.1) is 26.2 Å². The zero-order chi connectivity index (χ0) is 21.0. The highest BCUT2D eigenvalue weighted by atomic mass is 32.1. The highest BCUT2D eigenvalue weighted by Gasteiger charge is 2.13. The van der Waals surface area contributed by atoms with Gasteiger partial charge in [0.05, 0.1) is 35.4 Å². The Morgan fingerprint density at radius 3 is 2.72 bits per heavy atom. The molecule has 0 spiro atoms. The minimum atomic E-state index is -0.379. The van der Waals surface area contributed by atoms with Crippen LogP contribution < -0.4 is 4.80 Å². The lowest BCUT2D eigenvalue weighted by Crippen LogP contribution is -2.17. The minimum absolute atomic E-state index is 0.228. The van der Waals surface area contributed by atoms with Gasteiger partial charge >= 0.3 is 5.97 Å². The summed E-state index contributed by atoms with van der Waals surface area (Å²) in [4.78, 5) is 29.5. The topological polar surface area (TPSA) is 60.7 Å². The quantitative estimate of drug-likeness (QED) is 0.478. The number of thiazole rings is 1. The van der Waals surface area contributed by atoms with Gasteiger partial charge in [-0.3, -0.25) is 4.79 Å². The summed E-state index contributed by atoms with van der Waals surface area (Å²) < 4.78 is 7.70. The van der Waals surface area contributed by atoms with Gasteiger partial charge in [0.15, 0.2) is 4.80 Å². The summed E-state index contributed by atoms with van der Waals surface area (Å²) in [6.45, 7) is 6.34. The monoisotopic (exact) mass is 406 g/mol. The molecule has 0 radical (unpaired) electrons. The number of aryl methyl sites for hydroxylation is 2. The normalized spacial score (nSPS) is 11.4. The predicted molar refractivity (Wildman–Crippen MR) is 115 cm³/mol. The third-order valence-corrected chi connectivity index (χ3v) is 5.55. The number of benzene rings is 2. The molecule has 148 valence electrons. The molecule has 3 rings (SSSR count). The molecule has 0 bridgehead atoms. The van der Waals surface area contributed by atoms with Gasteiger partial charge in [0.25, 0.3) is 5.91 Å². The highest BCUT2D eigenvalue weighted by Crippen LogP contribution is 2.20. The fourth-order valence-electron chi connectivity index (χ4n) is 3.04. The van der Waals surface area contributed by atoms with Crippen molar-refractivity contribution in [1.29, 1.82) is 0 Å². The largest absolute Gasteiger partial charge is 0.462 e. The van der Waals surface area contributed by atoms with Gasteiger partial charge in [-0.05, 0) is 50.1 Å². The predicted octanol–water partition coefficient (Wildman–Crippen LogP) is 3.80. The van der Waals surface area contributed by atoms with E-state index in [0.717, 1.165) is 26.9 Å². The van der Waals surface area contributed by atoms with Crippen LogP contribution >= 0.6 is 11.3 Å². The van der Waals surface area contributed by atoms with Crippen molar-refractivity contribution in [2.24, 2.45) is 4.99 Å². The Balaban J connectivity index is 2.01. The Hall–Kier alpha value is -3.17. The summed E-state index contributed by atoms with van der Waals surface area (Å²) in [5.74, 6) is 1.99. The molecule has 6 heteroatoms. The molecule has 1 amide bonds. The average molecular weight is 407 g/mol. The Morgan fingerprint density at radius 1 is 1.21 bits per heavy atom. The van der Waals surface area contributed by atoms with Crippen molar-refractivity contribution in [3.05, 3.63) is 63.5 Å². The van der Waals surface area contributed by atoms with Crippen molar-refractivity contribution in [3.63, 3.8) is 0 Å². The molecule has 0 aliphatic carbocycles. The summed E-state index contributed by atoms with van der Waals surface area (Å²) >= 11 is 1.33. The standard InChI is InChI=1S/C23H22N2O3S/c1-5-11-25-19-10-9-17(22(27)28-6-2)13-20(19)29-23(25)24-21(26)14-18-12-15(3)7-8-16(18)4/h1,7-10,12-13H,6,11,14H2,2-4H3. The molecule has 29 heavy (non-hydrogen) atoms. The molecule has 3 aromatic rings. The van der Waals surface area contributed by atoms with Gasteiger partial charge in [0.2, 0.25) is 0 Å². The van der Waals surface area contributed by atoms with E-state index in [1.165, 1.54) is 11.3 Å². The number of rotatable bonds is 5. The van der Waals surface area contributed by atoms with Gasteiger partial charge in [-0.2, -0.15) is 4.99 Å². The van der Waals surface area contributed by atoms with Crippen molar-refractivity contribution in [3.8, 4) is 12.3 Å². The fourth-order valence-corrected chi connectivity index (χ4v) is 4.13. The van der Waals surface area contributed by atoms with E-state index in [0.29, 0.717) is 17.0 Å². The first kappa shape index (κ1) is 20.6. The number of ether oxygens (including phenoxy) is 1. The van der Waals surface area contributed by atoms with Crippen LogP contribution in [0.3, 0.4) is 0 Å². The van der Waals surface area contributed by atoms with E-state index in [4.69, 9.17) is 11.2 Å². The molecular weight excluding hydrogens is 384 g/mol. The van der Waals surface area contributed by atoms with Gasteiger partial charge in [-0.15, -0.1) is 6.42 Å². The van der Waals surface area contributed by atoms with Gasteiger partial charge in [0.1, 0.15) is 0 Å². The fraction of sp³-hybridized carbons (Fsp3) is 0.261. The Kier molecular flexibility index (Phi) is 6.30. The number of hydrogen-bond donors (Lipinski definition) is 0. The van der Waals surface area contributed by atoms with E-state index >= 15 is 0 Å². The lowest BCUT2D eigenvalue weighted by Gasteiger charge is -2.04. The summed E-state index contributed by atoms with van der Waals surface area (Å²) in [7, 11) is 0.